The molecule has 4 aliphatic heterocycles. The van der Waals surface area contributed by atoms with Gasteiger partial charge in [0.15, 0.2) is 6.17 Å². The van der Waals surface area contributed by atoms with Crippen molar-refractivity contribution in [2.75, 3.05) is 38.3 Å². The molecule has 0 spiro atoms. The molecule has 4 aliphatic rings. The lowest BCUT2D eigenvalue weighted by molar-refractivity contribution is -0.148. The number of halogens is 1. The van der Waals surface area contributed by atoms with Gasteiger partial charge in [0.1, 0.15) is 18.2 Å². The molecule has 2 saturated heterocycles. The minimum Gasteiger partial charge on any atom is -0.461 e. The third kappa shape index (κ3) is 3.96. The van der Waals surface area contributed by atoms with Gasteiger partial charge in [0.25, 0.3) is 12.1 Å². The summed E-state index contributed by atoms with van der Waals surface area (Å²) in [4.78, 5) is 41.2. The number of fused-ring (bicyclic) bond motifs is 2. The SMILES string of the molecule is CN1C(=O)CCc2ccc(F)c(CCNCN3C=CC=C4OC(N5CCOC5=O)C(=O)NC43)c21. The predicted molar refractivity (Wildman–Crippen MR) is 119 cm³/mol. The highest BCUT2D eigenvalue weighted by atomic mass is 19.1. The standard InChI is InChI=1S/C23H26FN5O5/c1-27-18(30)7-5-14-4-6-16(24)15(19(14)27)8-9-25-13-28-10-2-3-17-20(28)26-21(31)22(34-17)29-11-12-33-23(29)32/h2-4,6,10,20,22,25H,5,7-9,11-13H2,1H3,(H,26,31). The second-order valence-electron chi connectivity index (χ2n) is 8.51. The van der Waals surface area contributed by atoms with Crippen molar-refractivity contribution >= 4 is 23.6 Å². The van der Waals surface area contributed by atoms with E-state index in [-0.39, 0.29) is 24.9 Å². The minimum atomic E-state index is -1.06. The fourth-order valence-electron chi connectivity index (χ4n) is 4.68. The van der Waals surface area contributed by atoms with Crippen LogP contribution in [0.15, 0.2) is 36.2 Å². The van der Waals surface area contributed by atoms with Gasteiger partial charge in [-0.3, -0.25) is 19.8 Å². The van der Waals surface area contributed by atoms with Crippen molar-refractivity contribution in [1.82, 2.24) is 20.4 Å². The maximum absolute atomic E-state index is 14.6. The Bertz CT molecular complexity index is 1090. The fourth-order valence-corrected chi connectivity index (χ4v) is 4.68. The summed E-state index contributed by atoms with van der Waals surface area (Å²) in [5.74, 6) is -0.257. The highest BCUT2D eigenvalue weighted by molar-refractivity contribution is 5.96. The molecule has 2 atom stereocenters. The van der Waals surface area contributed by atoms with Crippen LogP contribution in [0.2, 0.25) is 0 Å². The van der Waals surface area contributed by atoms with Gasteiger partial charge in [-0.25, -0.2) is 9.18 Å². The van der Waals surface area contributed by atoms with Crippen LogP contribution < -0.4 is 15.5 Å². The average Bonchev–Trinajstić information content (AvgIpc) is 3.25. The Morgan fingerprint density at radius 2 is 2.09 bits per heavy atom. The number of cyclic esters (lactones) is 1. The highest BCUT2D eigenvalue weighted by Gasteiger charge is 2.43. The third-order valence-electron chi connectivity index (χ3n) is 6.44. The van der Waals surface area contributed by atoms with Gasteiger partial charge in [0, 0.05) is 31.8 Å². The molecule has 2 N–H and O–H groups in total. The summed E-state index contributed by atoms with van der Waals surface area (Å²) >= 11 is 0. The number of carbonyl (C=O) groups is 3. The predicted octanol–water partition coefficient (Wildman–Crippen LogP) is 0.788. The fraction of sp³-hybridized carbons (Fsp3) is 0.435. The van der Waals surface area contributed by atoms with Crippen LogP contribution >= 0.6 is 0 Å². The molecule has 0 radical (unpaired) electrons. The molecule has 2 fully saturated rings. The first-order valence-electron chi connectivity index (χ1n) is 11.3. The summed E-state index contributed by atoms with van der Waals surface area (Å²) in [5, 5.41) is 6.15. The van der Waals surface area contributed by atoms with E-state index in [9.17, 15) is 18.8 Å². The number of anilines is 1. The number of allylic oxidation sites excluding steroid dienone is 2. The van der Waals surface area contributed by atoms with E-state index in [2.05, 4.69) is 10.6 Å². The summed E-state index contributed by atoms with van der Waals surface area (Å²) < 4.78 is 25.4. The van der Waals surface area contributed by atoms with Gasteiger partial charge in [-0.2, -0.15) is 0 Å². The van der Waals surface area contributed by atoms with Crippen LogP contribution in [0.3, 0.4) is 0 Å². The zero-order valence-electron chi connectivity index (χ0n) is 18.8. The lowest BCUT2D eigenvalue weighted by atomic mass is 9.95. The molecule has 0 aromatic heterocycles. The number of nitrogens with one attached hydrogen (secondary N) is 2. The van der Waals surface area contributed by atoms with Gasteiger partial charge >= 0.3 is 6.09 Å². The van der Waals surface area contributed by atoms with Gasteiger partial charge in [0.05, 0.1) is 18.9 Å². The molecule has 0 bridgehead atoms. The number of amides is 3. The highest BCUT2D eigenvalue weighted by Crippen LogP contribution is 2.32. The van der Waals surface area contributed by atoms with Gasteiger partial charge in [-0.05, 0) is 36.6 Å². The first-order valence-corrected chi connectivity index (χ1v) is 11.3. The van der Waals surface area contributed by atoms with Crippen molar-refractivity contribution in [3.8, 4) is 0 Å². The third-order valence-corrected chi connectivity index (χ3v) is 6.44. The monoisotopic (exact) mass is 471 g/mol. The Morgan fingerprint density at radius 1 is 1.24 bits per heavy atom. The van der Waals surface area contributed by atoms with Crippen LogP contribution in [0.5, 0.6) is 0 Å². The van der Waals surface area contributed by atoms with E-state index in [1.54, 1.807) is 30.2 Å². The summed E-state index contributed by atoms with van der Waals surface area (Å²) in [5.41, 5.74) is 2.16. The number of benzene rings is 1. The second-order valence-corrected chi connectivity index (χ2v) is 8.51. The number of nitrogens with zero attached hydrogens (tertiary/aromatic N) is 3. The van der Waals surface area contributed by atoms with Crippen LogP contribution in [0.1, 0.15) is 17.5 Å². The summed E-state index contributed by atoms with van der Waals surface area (Å²) in [6.45, 7) is 1.34. The Balaban J connectivity index is 1.20. The van der Waals surface area contributed by atoms with Gasteiger partial charge in [-0.1, -0.05) is 6.07 Å². The average molecular weight is 471 g/mol. The number of hydrogen-bond donors (Lipinski definition) is 2. The number of carbonyl (C=O) groups excluding carboxylic acids is 3. The Morgan fingerprint density at radius 3 is 2.88 bits per heavy atom. The number of morpholine rings is 1. The maximum Gasteiger partial charge on any atom is 0.413 e. The van der Waals surface area contributed by atoms with Crippen molar-refractivity contribution < 1.29 is 28.2 Å². The molecular weight excluding hydrogens is 445 g/mol. The quantitative estimate of drug-likeness (QED) is 0.592. The molecule has 1 aromatic rings. The molecule has 180 valence electrons. The van der Waals surface area contributed by atoms with E-state index in [4.69, 9.17) is 9.47 Å². The molecule has 1 aromatic carbocycles. The molecule has 11 heteroatoms. The van der Waals surface area contributed by atoms with E-state index >= 15 is 0 Å². The molecule has 10 nitrogen and oxygen atoms in total. The Kier molecular flexibility index (Phi) is 5.86. The van der Waals surface area contributed by atoms with E-state index in [0.717, 1.165) is 5.56 Å². The number of ether oxygens (including phenoxy) is 2. The van der Waals surface area contributed by atoms with Gasteiger partial charge in [-0.15, -0.1) is 0 Å². The van der Waals surface area contributed by atoms with Gasteiger partial charge in [0.2, 0.25) is 5.91 Å². The van der Waals surface area contributed by atoms with Crippen molar-refractivity contribution in [2.45, 2.75) is 31.7 Å². The lowest BCUT2D eigenvalue weighted by Crippen LogP contribution is -2.61. The Labute approximate surface area is 195 Å². The van der Waals surface area contributed by atoms with Crippen LogP contribution in [-0.4, -0.2) is 73.5 Å². The largest absolute Gasteiger partial charge is 0.461 e. The van der Waals surface area contributed by atoms with Crippen molar-refractivity contribution in [2.24, 2.45) is 0 Å². The zero-order valence-corrected chi connectivity index (χ0v) is 18.8. The van der Waals surface area contributed by atoms with Crippen LogP contribution in [-0.2, 0) is 31.9 Å². The smallest absolute Gasteiger partial charge is 0.413 e. The molecule has 34 heavy (non-hydrogen) atoms. The van der Waals surface area contributed by atoms with Crippen LogP contribution in [0, 0.1) is 5.82 Å². The number of aryl methyl sites for hydroxylation is 1. The summed E-state index contributed by atoms with van der Waals surface area (Å²) in [7, 11) is 1.68. The molecule has 0 saturated carbocycles. The Hall–Kier alpha value is -3.60. The molecular formula is C23H26FN5O5. The first kappa shape index (κ1) is 22.2. The van der Waals surface area contributed by atoms with E-state index < -0.39 is 24.4 Å². The van der Waals surface area contributed by atoms with Gasteiger partial charge < -0.3 is 24.6 Å². The number of hydrogen-bond acceptors (Lipinski definition) is 7. The molecule has 3 amide bonds. The first-order chi connectivity index (χ1) is 16.4. The van der Waals surface area contributed by atoms with Crippen LogP contribution in [0.25, 0.3) is 0 Å². The number of rotatable bonds is 6. The topological polar surface area (TPSA) is 103 Å². The minimum absolute atomic E-state index is 0.0152. The van der Waals surface area contributed by atoms with Crippen molar-refractivity contribution in [3.05, 3.63) is 53.2 Å². The van der Waals surface area contributed by atoms with Crippen molar-refractivity contribution in [3.63, 3.8) is 0 Å². The normalized spacial score (nSPS) is 23.8. The summed E-state index contributed by atoms with van der Waals surface area (Å²) in [6.07, 6.45) is 4.63. The molecule has 2 unspecified atom stereocenters. The van der Waals surface area contributed by atoms with E-state index in [1.165, 1.54) is 11.0 Å². The lowest BCUT2D eigenvalue weighted by Gasteiger charge is -2.41. The molecule has 5 rings (SSSR count). The zero-order chi connectivity index (χ0) is 23.8. The summed E-state index contributed by atoms with van der Waals surface area (Å²) in [6, 6.07) is 3.21. The van der Waals surface area contributed by atoms with E-state index in [1.807, 2.05) is 11.1 Å². The van der Waals surface area contributed by atoms with E-state index in [0.29, 0.717) is 49.5 Å². The molecule has 0 aliphatic carbocycles. The van der Waals surface area contributed by atoms with Crippen LogP contribution in [0.4, 0.5) is 14.9 Å². The van der Waals surface area contributed by atoms with Crippen molar-refractivity contribution in [1.29, 1.82) is 0 Å². The second kappa shape index (κ2) is 8.98. The maximum atomic E-state index is 14.6. The molecule has 4 heterocycles.